The molecule has 48 heavy (non-hydrogen) atoms. The van der Waals surface area contributed by atoms with Crippen LogP contribution < -0.4 is 32.7 Å². The van der Waals surface area contributed by atoms with Gasteiger partial charge in [0, 0.05) is 24.9 Å². The largest absolute Gasteiger partial charge is 0.396 e. The standard InChI is InChI=1S/C32H38N8O8/c33-18-48-14-13-47-12-11-46-10-9-35-26(42)16-36-23-15-19-3-1-2-4-21(19)37-29(23)31(44)38-22-6-5-20-17-40(32(45)27(20)28(22)34)24-7-8-25(41)39-30(24)43/h1-6,15,24,36H,7-14,16-18,33-34H2,(H,35,42)(H,38,44)(H,39,41,43). The molecule has 1 aromatic heterocycles. The first kappa shape index (κ1) is 34.2. The number of fused-ring (bicyclic) bond motifs is 2. The number of hydrogen-bond donors (Lipinski definition) is 6. The molecule has 0 saturated carbocycles. The SMILES string of the molecule is NCOCCOCCOCCNC(=O)CNc1cc2ccccc2nc1C(=O)Nc1ccc2c(c1N)C(=O)N(C1CCC(=O)NC1=O)C2. The minimum absolute atomic E-state index is 0.0121. The molecule has 1 saturated heterocycles. The van der Waals surface area contributed by atoms with Crippen molar-refractivity contribution in [2.24, 2.45) is 5.73 Å². The lowest BCUT2D eigenvalue weighted by atomic mass is 10.0. The van der Waals surface area contributed by atoms with E-state index in [1.54, 1.807) is 30.3 Å². The summed E-state index contributed by atoms with van der Waals surface area (Å²) in [6.45, 7) is 2.28. The molecule has 0 radical (unpaired) electrons. The molecular formula is C32H38N8O8. The second-order valence-corrected chi connectivity index (χ2v) is 11.0. The molecule has 16 heteroatoms. The Labute approximate surface area is 275 Å². The molecule has 2 aliphatic heterocycles. The monoisotopic (exact) mass is 662 g/mol. The predicted octanol–water partition coefficient (Wildman–Crippen LogP) is 0.324. The van der Waals surface area contributed by atoms with Gasteiger partial charge in [-0.2, -0.15) is 0 Å². The zero-order chi connectivity index (χ0) is 34.0. The van der Waals surface area contributed by atoms with E-state index >= 15 is 0 Å². The molecule has 5 rings (SSSR count). The van der Waals surface area contributed by atoms with E-state index in [9.17, 15) is 24.0 Å². The van der Waals surface area contributed by atoms with Crippen molar-refractivity contribution in [1.82, 2.24) is 20.5 Å². The number of para-hydroxylation sites is 1. The quantitative estimate of drug-likeness (QED) is 0.0528. The van der Waals surface area contributed by atoms with Crippen LogP contribution in [0.5, 0.6) is 0 Å². The summed E-state index contributed by atoms with van der Waals surface area (Å²) >= 11 is 0. The van der Waals surface area contributed by atoms with Crippen LogP contribution in [0.2, 0.25) is 0 Å². The molecule has 5 amide bonds. The maximum atomic E-state index is 13.6. The fourth-order valence-electron chi connectivity index (χ4n) is 5.42. The molecule has 2 aliphatic rings. The van der Waals surface area contributed by atoms with Crippen molar-refractivity contribution in [2.75, 3.05) is 69.2 Å². The van der Waals surface area contributed by atoms with Crippen LogP contribution in [0.1, 0.15) is 39.3 Å². The Morgan fingerprint density at radius 3 is 2.50 bits per heavy atom. The summed E-state index contributed by atoms with van der Waals surface area (Å²) in [5.41, 5.74) is 13.5. The third kappa shape index (κ3) is 8.21. The van der Waals surface area contributed by atoms with Crippen LogP contribution >= 0.6 is 0 Å². The van der Waals surface area contributed by atoms with Crippen LogP contribution in [0.4, 0.5) is 17.1 Å². The number of amides is 5. The lowest BCUT2D eigenvalue weighted by Gasteiger charge is -2.29. The average molecular weight is 663 g/mol. The minimum Gasteiger partial charge on any atom is -0.396 e. The van der Waals surface area contributed by atoms with Crippen molar-refractivity contribution >= 4 is 57.5 Å². The molecular weight excluding hydrogens is 624 g/mol. The van der Waals surface area contributed by atoms with Crippen LogP contribution in [-0.2, 0) is 35.1 Å². The summed E-state index contributed by atoms with van der Waals surface area (Å²) in [7, 11) is 0. The van der Waals surface area contributed by atoms with Crippen molar-refractivity contribution in [3.63, 3.8) is 0 Å². The summed E-state index contributed by atoms with van der Waals surface area (Å²) in [5.74, 6) is -2.31. The Morgan fingerprint density at radius 1 is 0.979 bits per heavy atom. The number of nitrogens with one attached hydrogen (secondary N) is 4. The number of imide groups is 1. The number of carbonyl (C=O) groups excluding carboxylic acids is 5. The number of piperidine rings is 1. The summed E-state index contributed by atoms with van der Waals surface area (Å²) in [4.78, 5) is 69.5. The Balaban J connectivity index is 1.21. The molecule has 3 heterocycles. The van der Waals surface area contributed by atoms with E-state index in [1.807, 2.05) is 12.1 Å². The van der Waals surface area contributed by atoms with Gasteiger partial charge in [-0.3, -0.25) is 29.3 Å². The highest BCUT2D eigenvalue weighted by molar-refractivity contribution is 6.13. The summed E-state index contributed by atoms with van der Waals surface area (Å²) in [6, 6.07) is 11.4. The van der Waals surface area contributed by atoms with Crippen LogP contribution in [0.15, 0.2) is 42.5 Å². The number of benzene rings is 2. The Bertz CT molecular complexity index is 1700. The molecule has 8 N–H and O–H groups in total. The Morgan fingerprint density at radius 2 is 1.73 bits per heavy atom. The van der Waals surface area contributed by atoms with Gasteiger partial charge >= 0.3 is 0 Å². The number of hydrogen-bond acceptors (Lipinski definition) is 12. The van der Waals surface area contributed by atoms with Gasteiger partial charge in [-0.25, -0.2) is 4.98 Å². The van der Waals surface area contributed by atoms with Crippen molar-refractivity contribution in [3.05, 3.63) is 59.3 Å². The van der Waals surface area contributed by atoms with Crippen LogP contribution in [0, 0.1) is 0 Å². The van der Waals surface area contributed by atoms with Gasteiger partial charge in [0.05, 0.1) is 74.5 Å². The second-order valence-electron chi connectivity index (χ2n) is 11.0. The van der Waals surface area contributed by atoms with E-state index in [2.05, 4.69) is 26.3 Å². The van der Waals surface area contributed by atoms with E-state index in [-0.39, 0.29) is 80.3 Å². The second kappa shape index (κ2) is 16.1. The van der Waals surface area contributed by atoms with Crippen molar-refractivity contribution in [2.45, 2.75) is 25.4 Å². The van der Waals surface area contributed by atoms with E-state index in [1.165, 1.54) is 4.90 Å². The molecule has 1 unspecified atom stereocenters. The van der Waals surface area contributed by atoms with E-state index in [0.29, 0.717) is 43.2 Å². The van der Waals surface area contributed by atoms with Crippen LogP contribution in [0.25, 0.3) is 10.9 Å². The number of nitrogens with two attached hydrogens (primary N) is 2. The highest BCUT2D eigenvalue weighted by Crippen LogP contribution is 2.35. The lowest BCUT2D eigenvalue weighted by Crippen LogP contribution is -2.52. The fraction of sp³-hybridized carbons (Fsp3) is 0.375. The van der Waals surface area contributed by atoms with Gasteiger partial charge in [0.15, 0.2) is 5.69 Å². The first-order chi connectivity index (χ1) is 23.3. The molecule has 2 aromatic carbocycles. The predicted molar refractivity (Wildman–Crippen MR) is 175 cm³/mol. The first-order valence-electron chi connectivity index (χ1n) is 15.5. The number of rotatable bonds is 16. The fourth-order valence-corrected chi connectivity index (χ4v) is 5.42. The maximum Gasteiger partial charge on any atom is 0.276 e. The Hall–Kier alpha value is -5.16. The van der Waals surface area contributed by atoms with E-state index < -0.39 is 23.8 Å². The van der Waals surface area contributed by atoms with Crippen molar-refractivity contribution < 1.29 is 38.2 Å². The minimum atomic E-state index is -0.799. The first-order valence-corrected chi connectivity index (χ1v) is 15.5. The van der Waals surface area contributed by atoms with Gasteiger partial charge in [-0.15, -0.1) is 0 Å². The zero-order valence-corrected chi connectivity index (χ0v) is 26.2. The molecule has 3 aromatic rings. The third-order valence-electron chi connectivity index (χ3n) is 7.79. The highest BCUT2D eigenvalue weighted by atomic mass is 16.5. The van der Waals surface area contributed by atoms with Crippen LogP contribution in [0.3, 0.4) is 0 Å². The molecule has 1 fully saturated rings. The number of anilines is 3. The topological polar surface area (TPSA) is 229 Å². The summed E-state index contributed by atoms with van der Waals surface area (Å²) in [5, 5.41) is 11.5. The number of ether oxygens (including phenoxy) is 3. The summed E-state index contributed by atoms with van der Waals surface area (Å²) < 4.78 is 15.7. The van der Waals surface area contributed by atoms with Gasteiger partial charge < -0.3 is 46.5 Å². The number of aromatic nitrogens is 1. The lowest BCUT2D eigenvalue weighted by molar-refractivity contribution is -0.137. The van der Waals surface area contributed by atoms with Crippen molar-refractivity contribution in [1.29, 1.82) is 0 Å². The molecule has 1 atom stereocenters. The smallest absolute Gasteiger partial charge is 0.276 e. The highest BCUT2D eigenvalue weighted by Gasteiger charge is 2.40. The molecule has 16 nitrogen and oxygen atoms in total. The van der Waals surface area contributed by atoms with Crippen molar-refractivity contribution in [3.8, 4) is 0 Å². The molecule has 0 aliphatic carbocycles. The maximum absolute atomic E-state index is 13.6. The number of carbonyl (C=O) groups is 5. The molecule has 254 valence electrons. The molecule has 0 spiro atoms. The van der Waals surface area contributed by atoms with E-state index in [4.69, 9.17) is 25.7 Å². The summed E-state index contributed by atoms with van der Waals surface area (Å²) in [6.07, 6.45) is 0.340. The number of pyridine rings is 1. The van der Waals surface area contributed by atoms with Crippen LogP contribution in [-0.4, -0.2) is 98.3 Å². The normalized spacial score (nSPS) is 15.7. The van der Waals surface area contributed by atoms with Gasteiger partial charge in [-0.1, -0.05) is 24.3 Å². The zero-order valence-electron chi connectivity index (χ0n) is 26.2. The Kier molecular flexibility index (Phi) is 11.5. The van der Waals surface area contributed by atoms with Gasteiger partial charge in [0.25, 0.3) is 11.8 Å². The molecule has 0 bridgehead atoms. The van der Waals surface area contributed by atoms with Gasteiger partial charge in [0.1, 0.15) is 6.04 Å². The number of nitrogens with zero attached hydrogens (tertiary/aromatic N) is 2. The average Bonchev–Trinajstić information content (AvgIpc) is 3.41. The van der Waals surface area contributed by atoms with E-state index in [0.717, 1.165) is 5.39 Å². The number of nitrogen functional groups attached to an aromatic ring is 1. The van der Waals surface area contributed by atoms with Gasteiger partial charge in [-0.05, 0) is 30.2 Å². The third-order valence-corrected chi connectivity index (χ3v) is 7.79. The van der Waals surface area contributed by atoms with Gasteiger partial charge in [0.2, 0.25) is 17.7 Å².